The highest BCUT2D eigenvalue weighted by atomic mass is 16.5. The van der Waals surface area contributed by atoms with Gasteiger partial charge in [-0.2, -0.15) is 0 Å². The third-order valence-electron chi connectivity index (χ3n) is 4.84. The van der Waals surface area contributed by atoms with Crippen LogP contribution in [0.15, 0.2) is 0 Å². The van der Waals surface area contributed by atoms with Crippen LogP contribution in [-0.4, -0.2) is 49.2 Å². The summed E-state index contributed by atoms with van der Waals surface area (Å²) in [7, 11) is 0. The first-order valence-corrected chi connectivity index (χ1v) is 7.71. The van der Waals surface area contributed by atoms with Crippen LogP contribution in [-0.2, 0) is 9.53 Å². The summed E-state index contributed by atoms with van der Waals surface area (Å²) in [5.41, 5.74) is 0. The van der Waals surface area contributed by atoms with E-state index in [0.717, 1.165) is 19.6 Å². The smallest absolute Gasteiger partial charge is 0.223 e. The van der Waals surface area contributed by atoms with Crippen LogP contribution in [0.25, 0.3) is 0 Å². The lowest BCUT2D eigenvalue weighted by Gasteiger charge is -2.39. The highest BCUT2D eigenvalue weighted by molar-refractivity contribution is 5.77. The first-order valence-electron chi connectivity index (χ1n) is 7.71. The van der Waals surface area contributed by atoms with Gasteiger partial charge in [-0.25, -0.2) is 0 Å². The van der Waals surface area contributed by atoms with E-state index in [-0.39, 0.29) is 12.1 Å². The summed E-state index contributed by atoms with van der Waals surface area (Å²) in [6.07, 6.45) is 3.35. The van der Waals surface area contributed by atoms with Crippen molar-refractivity contribution in [1.29, 1.82) is 0 Å². The SMILES string of the molecule is CC(CC(=O)N1CCOC(C)C1C)C1CCCNC1. The predicted molar refractivity (Wildman–Crippen MR) is 76.0 cm³/mol. The number of hydrogen-bond acceptors (Lipinski definition) is 3. The summed E-state index contributed by atoms with van der Waals surface area (Å²) >= 11 is 0. The second kappa shape index (κ2) is 6.71. The zero-order chi connectivity index (χ0) is 13.8. The standard InChI is InChI=1S/C15H28N2O2/c1-11(14-5-4-6-16-10-14)9-15(18)17-7-8-19-13(3)12(17)2/h11-14,16H,4-10H2,1-3H3. The molecular weight excluding hydrogens is 240 g/mol. The number of carbonyl (C=O) groups excluding carboxylic acids is 1. The summed E-state index contributed by atoms with van der Waals surface area (Å²) in [4.78, 5) is 14.5. The molecule has 1 N–H and O–H groups in total. The molecule has 2 saturated heterocycles. The summed E-state index contributed by atoms with van der Waals surface area (Å²) in [6, 6.07) is 0.206. The van der Waals surface area contributed by atoms with Gasteiger partial charge in [0.1, 0.15) is 0 Å². The Morgan fingerprint density at radius 3 is 2.95 bits per heavy atom. The Kier molecular flexibility index (Phi) is 5.22. The fraction of sp³-hybridized carbons (Fsp3) is 0.933. The molecule has 0 saturated carbocycles. The molecule has 0 aromatic carbocycles. The maximum atomic E-state index is 12.5. The number of piperidine rings is 1. The lowest BCUT2D eigenvalue weighted by Crippen LogP contribution is -2.51. The Bertz CT molecular complexity index is 303. The monoisotopic (exact) mass is 268 g/mol. The molecular formula is C15H28N2O2. The Balaban J connectivity index is 1.85. The van der Waals surface area contributed by atoms with Crippen molar-refractivity contribution in [3.8, 4) is 0 Å². The number of rotatable bonds is 3. The molecule has 2 heterocycles. The number of carbonyl (C=O) groups is 1. The van der Waals surface area contributed by atoms with Crippen molar-refractivity contribution < 1.29 is 9.53 Å². The highest BCUT2D eigenvalue weighted by Gasteiger charge is 2.31. The third-order valence-corrected chi connectivity index (χ3v) is 4.84. The van der Waals surface area contributed by atoms with Crippen LogP contribution in [0.5, 0.6) is 0 Å². The van der Waals surface area contributed by atoms with E-state index in [4.69, 9.17) is 4.74 Å². The van der Waals surface area contributed by atoms with Gasteiger partial charge < -0.3 is 15.0 Å². The normalized spacial score (nSPS) is 34.1. The van der Waals surface area contributed by atoms with Gasteiger partial charge >= 0.3 is 0 Å². The van der Waals surface area contributed by atoms with Crippen LogP contribution in [0.2, 0.25) is 0 Å². The number of amides is 1. The Morgan fingerprint density at radius 1 is 1.47 bits per heavy atom. The molecule has 2 fully saturated rings. The zero-order valence-corrected chi connectivity index (χ0v) is 12.5. The molecule has 0 radical (unpaired) electrons. The second-order valence-electron chi connectivity index (χ2n) is 6.19. The summed E-state index contributed by atoms with van der Waals surface area (Å²) in [5.74, 6) is 1.44. The van der Waals surface area contributed by atoms with E-state index in [0.29, 0.717) is 30.8 Å². The highest BCUT2D eigenvalue weighted by Crippen LogP contribution is 2.24. The number of nitrogens with one attached hydrogen (secondary N) is 1. The minimum absolute atomic E-state index is 0.157. The molecule has 0 aromatic rings. The largest absolute Gasteiger partial charge is 0.375 e. The molecule has 19 heavy (non-hydrogen) atoms. The predicted octanol–water partition coefficient (Wildman–Crippen LogP) is 1.65. The van der Waals surface area contributed by atoms with Crippen LogP contribution >= 0.6 is 0 Å². The van der Waals surface area contributed by atoms with E-state index >= 15 is 0 Å². The Hall–Kier alpha value is -0.610. The van der Waals surface area contributed by atoms with Gasteiger partial charge in [0, 0.05) is 13.0 Å². The molecule has 0 aromatic heterocycles. The van der Waals surface area contributed by atoms with E-state index in [9.17, 15) is 4.79 Å². The van der Waals surface area contributed by atoms with Gasteiger partial charge in [-0.3, -0.25) is 4.79 Å². The van der Waals surface area contributed by atoms with Crippen molar-refractivity contribution in [3.63, 3.8) is 0 Å². The Morgan fingerprint density at radius 2 is 2.26 bits per heavy atom. The third kappa shape index (κ3) is 3.69. The van der Waals surface area contributed by atoms with Crippen LogP contribution < -0.4 is 5.32 Å². The van der Waals surface area contributed by atoms with E-state index in [1.165, 1.54) is 12.8 Å². The topological polar surface area (TPSA) is 41.6 Å². The average molecular weight is 268 g/mol. The average Bonchev–Trinajstić information content (AvgIpc) is 2.42. The molecule has 4 unspecified atom stereocenters. The van der Waals surface area contributed by atoms with Crippen LogP contribution in [0.1, 0.15) is 40.0 Å². The van der Waals surface area contributed by atoms with E-state index < -0.39 is 0 Å². The number of morpholine rings is 1. The molecule has 2 aliphatic rings. The zero-order valence-electron chi connectivity index (χ0n) is 12.5. The van der Waals surface area contributed by atoms with Gasteiger partial charge in [0.2, 0.25) is 5.91 Å². The maximum Gasteiger partial charge on any atom is 0.223 e. The maximum absolute atomic E-state index is 12.5. The molecule has 4 atom stereocenters. The summed E-state index contributed by atoms with van der Waals surface area (Å²) in [5, 5.41) is 3.44. The number of ether oxygens (including phenoxy) is 1. The Labute approximate surface area is 116 Å². The summed E-state index contributed by atoms with van der Waals surface area (Å²) in [6.45, 7) is 10.0. The lowest BCUT2D eigenvalue weighted by atomic mass is 9.85. The molecule has 2 rings (SSSR count). The van der Waals surface area contributed by atoms with Gasteiger partial charge in [-0.15, -0.1) is 0 Å². The van der Waals surface area contributed by atoms with E-state index in [2.05, 4.69) is 26.1 Å². The van der Waals surface area contributed by atoms with Gasteiger partial charge in [0.25, 0.3) is 0 Å². The molecule has 0 bridgehead atoms. The van der Waals surface area contributed by atoms with Gasteiger partial charge in [-0.1, -0.05) is 6.92 Å². The van der Waals surface area contributed by atoms with Crippen molar-refractivity contribution in [2.24, 2.45) is 11.8 Å². The molecule has 1 amide bonds. The number of hydrogen-bond donors (Lipinski definition) is 1. The minimum Gasteiger partial charge on any atom is -0.375 e. The van der Waals surface area contributed by atoms with Crippen molar-refractivity contribution >= 4 is 5.91 Å². The quantitative estimate of drug-likeness (QED) is 0.846. The van der Waals surface area contributed by atoms with Gasteiger partial charge in [-0.05, 0) is 51.6 Å². The van der Waals surface area contributed by atoms with Crippen molar-refractivity contribution in [2.75, 3.05) is 26.2 Å². The molecule has 110 valence electrons. The molecule has 0 aliphatic carbocycles. The first-order chi connectivity index (χ1) is 9.09. The molecule has 2 aliphatic heterocycles. The van der Waals surface area contributed by atoms with Crippen molar-refractivity contribution in [2.45, 2.75) is 52.2 Å². The molecule has 4 nitrogen and oxygen atoms in total. The number of nitrogens with zero attached hydrogens (tertiary/aromatic N) is 1. The van der Waals surface area contributed by atoms with Crippen molar-refractivity contribution in [3.05, 3.63) is 0 Å². The molecule has 0 spiro atoms. The first kappa shape index (κ1) is 14.8. The van der Waals surface area contributed by atoms with E-state index in [1.54, 1.807) is 0 Å². The minimum atomic E-state index is 0.157. The summed E-state index contributed by atoms with van der Waals surface area (Å²) < 4.78 is 5.59. The van der Waals surface area contributed by atoms with Crippen LogP contribution in [0.3, 0.4) is 0 Å². The van der Waals surface area contributed by atoms with Crippen LogP contribution in [0.4, 0.5) is 0 Å². The molecule has 4 heteroatoms. The van der Waals surface area contributed by atoms with Gasteiger partial charge in [0.05, 0.1) is 18.8 Å². The van der Waals surface area contributed by atoms with Crippen molar-refractivity contribution in [1.82, 2.24) is 10.2 Å². The second-order valence-corrected chi connectivity index (χ2v) is 6.19. The van der Waals surface area contributed by atoms with E-state index in [1.807, 2.05) is 4.90 Å². The van der Waals surface area contributed by atoms with Crippen LogP contribution in [0, 0.1) is 11.8 Å². The lowest BCUT2D eigenvalue weighted by molar-refractivity contribution is -0.145. The fourth-order valence-electron chi connectivity index (χ4n) is 3.21. The fourth-order valence-corrected chi connectivity index (χ4v) is 3.21. The van der Waals surface area contributed by atoms with Gasteiger partial charge in [0.15, 0.2) is 0 Å².